The molecular formula is C26H29Cl2N3O4S. The number of sulfonamides is 1. The molecule has 3 aromatic carbocycles. The number of hydrogen-bond donors (Lipinski definition) is 1. The van der Waals surface area contributed by atoms with E-state index >= 15 is 0 Å². The van der Waals surface area contributed by atoms with E-state index in [2.05, 4.69) is 5.32 Å². The largest absolute Gasteiger partial charge is 0.355 e. The zero-order chi connectivity index (χ0) is 26.5. The van der Waals surface area contributed by atoms with Crippen LogP contribution >= 0.6 is 23.2 Å². The monoisotopic (exact) mass is 549 g/mol. The summed E-state index contributed by atoms with van der Waals surface area (Å²) >= 11 is 12.4. The Balaban J connectivity index is 1.90. The van der Waals surface area contributed by atoms with Crippen molar-refractivity contribution < 1.29 is 18.0 Å². The number of benzene rings is 3. The number of carbonyl (C=O) groups excluding carboxylic acids is 2. The smallest absolute Gasteiger partial charge is 0.243 e. The van der Waals surface area contributed by atoms with Crippen LogP contribution in [0.3, 0.4) is 0 Å². The van der Waals surface area contributed by atoms with Gasteiger partial charge in [-0.05, 0) is 53.9 Å². The van der Waals surface area contributed by atoms with Crippen LogP contribution in [0.1, 0.15) is 25.8 Å². The average molecular weight is 551 g/mol. The third-order valence-electron chi connectivity index (χ3n) is 5.88. The lowest BCUT2D eigenvalue weighted by molar-refractivity contribution is -0.141. The molecule has 1 N–H and O–H groups in total. The normalized spacial score (nSPS) is 12.5. The van der Waals surface area contributed by atoms with Gasteiger partial charge in [0.25, 0.3) is 0 Å². The lowest BCUT2D eigenvalue weighted by Crippen LogP contribution is -2.51. The SMILES string of the molecule is CCNC(=O)C(CC)N(Cc1ccc(Cl)cc1Cl)C(=O)CN(C)S(=O)(=O)c1ccc2ccccc2c1. The molecule has 0 aliphatic carbocycles. The number of nitrogens with zero attached hydrogens (tertiary/aromatic N) is 2. The summed E-state index contributed by atoms with van der Waals surface area (Å²) < 4.78 is 27.6. The lowest BCUT2D eigenvalue weighted by atomic mass is 10.1. The molecule has 0 heterocycles. The van der Waals surface area contributed by atoms with Gasteiger partial charge in [0.15, 0.2) is 0 Å². The van der Waals surface area contributed by atoms with Crippen molar-refractivity contribution in [3.63, 3.8) is 0 Å². The van der Waals surface area contributed by atoms with Gasteiger partial charge < -0.3 is 10.2 Å². The van der Waals surface area contributed by atoms with Gasteiger partial charge in [0.1, 0.15) is 6.04 Å². The summed E-state index contributed by atoms with van der Waals surface area (Å²) in [5.41, 5.74) is 0.595. The van der Waals surface area contributed by atoms with E-state index in [9.17, 15) is 18.0 Å². The molecule has 0 saturated carbocycles. The average Bonchev–Trinajstić information content (AvgIpc) is 2.84. The van der Waals surface area contributed by atoms with E-state index in [0.717, 1.165) is 15.1 Å². The second kappa shape index (κ2) is 12.1. The molecule has 3 aromatic rings. The molecule has 7 nitrogen and oxygen atoms in total. The van der Waals surface area contributed by atoms with Crippen molar-refractivity contribution >= 4 is 55.8 Å². The van der Waals surface area contributed by atoms with Crippen molar-refractivity contribution in [3.8, 4) is 0 Å². The molecule has 0 fully saturated rings. The van der Waals surface area contributed by atoms with E-state index in [1.807, 2.05) is 24.3 Å². The van der Waals surface area contributed by atoms with Crippen LogP contribution in [0.25, 0.3) is 10.8 Å². The number of hydrogen-bond acceptors (Lipinski definition) is 4. The number of likely N-dealkylation sites (N-methyl/N-ethyl adjacent to an activating group) is 2. The number of rotatable bonds is 10. The van der Waals surface area contributed by atoms with E-state index in [1.54, 1.807) is 44.2 Å². The lowest BCUT2D eigenvalue weighted by Gasteiger charge is -2.32. The van der Waals surface area contributed by atoms with Crippen molar-refractivity contribution in [1.29, 1.82) is 0 Å². The predicted molar refractivity (Wildman–Crippen MR) is 144 cm³/mol. The first kappa shape index (κ1) is 27.9. The summed E-state index contributed by atoms with van der Waals surface area (Å²) in [6.45, 7) is 3.55. The topological polar surface area (TPSA) is 86.8 Å². The maximum absolute atomic E-state index is 13.5. The third kappa shape index (κ3) is 6.37. The molecule has 2 amide bonds. The molecule has 0 aliphatic heterocycles. The van der Waals surface area contributed by atoms with Gasteiger partial charge in [-0.25, -0.2) is 8.42 Å². The highest BCUT2D eigenvalue weighted by Gasteiger charge is 2.32. The molecule has 0 radical (unpaired) electrons. The van der Waals surface area contributed by atoms with Crippen LogP contribution in [0.4, 0.5) is 0 Å². The zero-order valence-electron chi connectivity index (χ0n) is 20.4. The summed E-state index contributed by atoms with van der Waals surface area (Å²) in [6, 6.07) is 16.4. The summed E-state index contributed by atoms with van der Waals surface area (Å²) in [4.78, 5) is 27.7. The molecule has 36 heavy (non-hydrogen) atoms. The van der Waals surface area contributed by atoms with E-state index < -0.39 is 28.5 Å². The van der Waals surface area contributed by atoms with Crippen molar-refractivity contribution in [1.82, 2.24) is 14.5 Å². The van der Waals surface area contributed by atoms with Gasteiger partial charge in [-0.15, -0.1) is 0 Å². The molecule has 10 heteroatoms. The summed E-state index contributed by atoms with van der Waals surface area (Å²) in [6.07, 6.45) is 0.337. The predicted octanol–water partition coefficient (Wildman–Crippen LogP) is 4.71. The zero-order valence-corrected chi connectivity index (χ0v) is 22.7. The quantitative estimate of drug-likeness (QED) is 0.396. The summed E-state index contributed by atoms with van der Waals surface area (Å²) in [7, 11) is -2.62. The summed E-state index contributed by atoms with van der Waals surface area (Å²) in [5, 5.41) is 5.23. The van der Waals surface area contributed by atoms with Crippen LogP contribution in [0.5, 0.6) is 0 Å². The Kier molecular flexibility index (Phi) is 9.35. The minimum atomic E-state index is -3.97. The van der Waals surface area contributed by atoms with Gasteiger partial charge in [-0.2, -0.15) is 4.31 Å². The van der Waals surface area contributed by atoms with Crippen LogP contribution in [0.2, 0.25) is 10.0 Å². The molecule has 3 rings (SSSR count). The fourth-order valence-electron chi connectivity index (χ4n) is 3.92. The van der Waals surface area contributed by atoms with Gasteiger partial charge in [0.05, 0.1) is 11.4 Å². The summed E-state index contributed by atoms with van der Waals surface area (Å²) in [5.74, 6) is -0.843. The van der Waals surface area contributed by atoms with Crippen molar-refractivity contribution in [3.05, 3.63) is 76.3 Å². The fraction of sp³-hybridized carbons (Fsp3) is 0.308. The van der Waals surface area contributed by atoms with Crippen LogP contribution in [0, 0.1) is 0 Å². The Morgan fingerprint density at radius 1 is 0.972 bits per heavy atom. The fourth-order valence-corrected chi connectivity index (χ4v) is 5.54. The molecule has 0 aromatic heterocycles. The van der Waals surface area contributed by atoms with E-state index in [4.69, 9.17) is 23.2 Å². The van der Waals surface area contributed by atoms with E-state index in [1.165, 1.54) is 18.0 Å². The van der Waals surface area contributed by atoms with Gasteiger partial charge >= 0.3 is 0 Å². The molecule has 0 saturated heterocycles. The molecule has 1 unspecified atom stereocenters. The highest BCUT2D eigenvalue weighted by Crippen LogP contribution is 2.25. The van der Waals surface area contributed by atoms with Crippen LogP contribution < -0.4 is 5.32 Å². The first-order valence-corrected chi connectivity index (χ1v) is 13.7. The molecule has 1 atom stereocenters. The Labute approximate surface area is 222 Å². The Morgan fingerprint density at radius 3 is 2.31 bits per heavy atom. The van der Waals surface area contributed by atoms with E-state index in [0.29, 0.717) is 28.6 Å². The van der Waals surface area contributed by atoms with Gasteiger partial charge in [0, 0.05) is 30.2 Å². The molecular weight excluding hydrogens is 521 g/mol. The number of carbonyl (C=O) groups is 2. The maximum atomic E-state index is 13.5. The van der Waals surface area contributed by atoms with Gasteiger partial charge in [0.2, 0.25) is 21.8 Å². The first-order chi connectivity index (χ1) is 17.1. The molecule has 0 aliphatic rings. The number of halogens is 2. The van der Waals surface area contributed by atoms with Crippen LogP contribution in [-0.2, 0) is 26.2 Å². The van der Waals surface area contributed by atoms with Crippen molar-refractivity contribution in [2.45, 2.75) is 37.8 Å². The second-order valence-corrected chi connectivity index (χ2v) is 11.2. The molecule has 0 bridgehead atoms. The Bertz CT molecular complexity index is 1360. The van der Waals surface area contributed by atoms with Crippen LogP contribution in [0.15, 0.2) is 65.6 Å². The maximum Gasteiger partial charge on any atom is 0.243 e. The third-order valence-corrected chi connectivity index (χ3v) is 8.27. The minimum Gasteiger partial charge on any atom is -0.355 e. The van der Waals surface area contributed by atoms with E-state index in [-0.39, 0.29) is 17.3 Å². The molecule has 0 spiro atoms. The van der Waals surface area contributed by atoms with Crippen molar-refractivity contribution in [2.24, 2.45) is 0 Å². The number of amides is 2. The Hall–Kier alpha value is -2.65. The Morgan fingerprint density at radius 2 is 1.67 bits per heavy atom. The second-order valence-electron chi connectivity index (χ2n) is 8.35. The van der Waals surface area contributed by atoms with Gasteiger partial charge in [-0.3, -0.25) is 9.59 Å². The minimum absolute atomic E-state index is 0.0222. The van der Waals surface area contributed by atoms with Crippen molar-refractivity contribution in [2.75, 3.05) is 20.1 Å². The number of fused-ring (bicyclic) bond motifs is 1. The van der Waals surface area contributed by atoms with Gasteiger partial charge in [-0.1, -0.05) is 66.5 Å². The van der Waals surface area contributed by atoms with Crippen LogP contribution in [-0.4, -0.2) is 55.6 Å². The highest BCUT2D eigenvalue weighted by molar-refractivity contribution is 7.89. The number of nitrogens with one attached hydrogen (secondary N) is 1. The first-order valence-electron chi connectivity index (χ1n) is 11.5. The molecule has 192 valence electrons. The standard InChI is InChI=1S/C26H29Cl2N3O4S/c1-4-24(26(33)29-5-2)31(16-20-10-12-21(27)15-23(20)28)25(32)17-30(3)36(34,35)22-13-11-18-8-6-7-9-19(18)14-22/h6-15,24H,4-5,16-17H2,1-3H3,(H,29,33). The highest BCUT2D eigenvalue weighted by atomic mass is 35.5.